The van der Waals surface area contributed by atoms with Crippen molar-refractivity contribution >= 4 is 25.3 Å². The zero-order valence-corrected chi connectivity index (χ0v) is 12.9. The predicted octanol–water partition coefficient (Wildman–Crippen LogP) is -2.53. The Kier molecular flexibility index (Phi) is 8.11. The number of hydrogen-bond acceptors (Lipinski definition) is 5. The van der Waals surface area contributed by atoms with Gasteiger partial charge in [0, 0.05) is 0 Å². The van der Waals surface area contributed by atoms with Gasteiger partial charge in [0.2, 0.25) is 17.7 Å². The molecule has 0 radical (unpaired) electrons. The van der Waals surface area contributed by atoms with E-state index in [0.29, 0.717) is 0 Å². The SMILES string of the molecule is CNCC(=O)NCC(=O)N[C@@H](C)C(=O)N[C@@H](C)P(=O)(O)O. The summed E-state index contributed by atoms with van der Waals surface area (Å²) < 4.78 is 10.9. The Labute approximate surface area is 122 Å². The molecule has 2 atom stereocenters. The third kappa shape index (κ3) is 8.41. The number of rotatable bonds is 8. The average Bonchev–Trinajstić information content (AvgIpc) is 2.35. The fourth-order valence-electron chi connectivity index (χ4n) is 1.17. The van der Waals surface area contributed by atoms with Crippen LogP contribution >= 0.6 is 7.60 Å². The number of amides is 3. The highest BCUT2D eigenvalue weighted by atomic mass is 31.2. The molecule has 6 N–H and O–H groups in total. The highest BCUT2D eigenvalue weighted by Gasteiger charge is 2.27. The molecule has 0 heterocycles. The van der Waals surface area contributed by atoms with E-state index in [-0.39, 0.29) is 19.0 Å². The lowest BCUT2D eigenvalue weighted by molar-refractivity contribution is -0.129. The van der Waals surface area contributed by atoms with Crippen molar-refractivity contribution in [3.8, 4) is 0 Å². The number of nitrogens with one attached hydrogen (secondary N) is 4. The third-order valence-corrected chi connectivity index (χ3v) is 3.55. The number of carbonyl (C=O) groups is 3. The van der Waals surface area contributed by atoms with E-state index in [9.17, 15) is 18.9 Å². The molecule has 0 spiro atoms. The van der Waals surface area contributed by atoms with Crippen molar-refractivity contribution in [1.29, 1.82) is 0 Å². The van der Waals surface area contributed by atoms with Crippen molar-refractivity contribution in [2.75, 3.05) is 20.1 Å². The van der Waals surface area contributed by atoms with E-state index < -0.39 is 31.2 Å². The van der Waals surface area contributed by atoms with Gasteiger partial charge in [-0.05, 0) is 20.9 Å². The van der Waals surface area contributed by atoms with Crippen molar-refractivity contribution in [1.82, 2.24) is 21.3 Å². The number of hydrogen-bond donors (Lipinski definition) is 6. The van der Waals surface area contributed by atoms with Crippen LogP contribution < -0.4 is 21.3 Å². The van der Waals surface area contributed by atoms with Crippen molar-refractivity contribution in [3.63, 3.8) is 0 Å². The van der Waals surface area contributed by atoms with E-state index in [4.69, 9.17) is 9.79 Å². The first-order chi connectivity index (χ1) is 9.57. The van der Waals surface area contributed by atoms with Gasteiger partial charge in [-0.2, -0.15) is 0 Å². The Balaban J connectivity index is 4.20. The summed E-state index contributed by atoms with van der Waals surface area (Å²) in [5.41, 5.74) is 0. The molecule has 0 aromatic heterocycles. The van der Waals surface area contributed by atoms with Crippen LogP contribution in [0.1, 0.15) is 13.8 Å². The molecule has 0 aliphatic heterocycles. The van der Waals surface area contributed by atoms with Gasteiger partial charge in [-0.25, -0.2) is 0 Å². The minimum atomic E-state index is -4.43. The lowest BCUT2D eigenvalue weighted by Crippen LogP contribution is -2.50. The molecule has 0 fully saturated rings. The van der Waals surface area contributed by atoms with E-state index >= 15 is 0 Å². The smallest absolute Gasteiger partial charge is 0.346 e. The summed E-state index contributed by atoms with van der Waals surface area (Å²) in [6, 6.07) is -0.993. The van der Waals surface area contributed by atoms with Gasteiger partial charge in [-0.1, -0.05) is 0 Å². The van der Waals surface area contributed by atoms with E-state index in [2.05, 4.69) is 21.3 Å². The molecule has 0 bridgehead atoms. The summed E-state index contributed by atoms with van der Waals surface area (Å²) in [6.07, 6.45) is 0. The molecule has 0 saturated carbocycles. The zero-order chi connectivity index (χ0) is 16.6. The van der Waals surface area contributed by atoms with Crippen molar-refractivity contribution in [2.24, 2.45) is 0 Å². The molecular formula is C10H21N4O6P. The monoisotopic (exact) mass is 324 g/mol. The van der Waals surface area contributed by atoms with Crippen molar-refractivity contribution in [2.45, 2.75) is 25.7 Å². The Bertz CT molecular complexity index is 437. The average molecular weight is 324 g/mol. The second-order valence-corrected chi connectivity index (χ2v) is 6.32. The molecular weight excluding hydrogens is 303 g/mol. The van der Waals surface area contributed by atoms with Crippen LogP contribution in [0.25, 0.3) is 0 Å². The van der Waals surface area contributed by atoms with Crippen LogP contribution in [-0.2, 0) is 18.9 Å². The van der Waals surface area contributed by atoms with Gasteiger partial charge in [0.15, 0.2) is 0 Å². The van der Waals surface area contributed by atoms with Crippen LogP contribution in [0, 0.1) is 0 Å². The summed E-state index contributed by atoms with van der Waals surface area (Å²) in [4.78, 5) is 51.9. The molecule has 0 saturated heterocycles. The highest BCUT2D eigenvalue weighted by molar-refractivity contribution is 7.52. The lowest BCUT2D eigenvalue weighted by Gasteiger charge is -2.19. The van der Waals surface area contributed by atoms with Gasteiger partial charge in [0.1, 0.15) is 11.8 Å². The van der Waals surface area contributed by atoms with Gasteiger partial charge in [-0.15, -0.1) is 0 Å². The standard InChI is InChI=1S/C10H21N4O6P/c1-6(10(17)14-7(2)21(18,19)20)13-9(16)5-12-8(15)4-11-3/h6-7,11H,4-5H2,1-3H3,(H,12,15)(H,13,16)(H,14,17)(H2,18,19,20)/t6-,7+/m0/s1. The molecule has 0 aromatic carbocycles. The number of likely N-dealkylation sites (N-methyl/N-ethyl adjacent to an activating group) is 1. The molecule has 0 rings (SSSR count). The molecule has 122 valence electrons. The second kappa shape index (κ2) is 8.73. The van der Waals surface area contributed by atoms with Crippen LogP contribution in [-0.4, -0.2) is 59.5 Å². The Morgan fingerprint density at radius 2 is 1.62 bits per heavy atom. The second-order valence-electron chi connectivity index (χ2n) is 4.37. The van der Waals surface area contributed by atoms with Crippen molar-refractivity contribution in [3.05, 3.63) is 0 Å². The van der Waals surface area contributed by atoms with Crippen LogP contribution in [0.5, 0.6) is 0 Å². The van der Waals surface area contributed by atoms with Crippen LogP contribution in [0.2, 0.25) is 0 Å². The van der Waals surface area contributed by atoms with Gasteiger partial charge in [-0.3, -0.25) is 18.9 Å². The van der Waals surface area contributed by atoms with Gasteiger partial charge in [0.05, 0.1) is 13.1 Å². The van der Waals surface area contributed by atoms with Gasteiger partial charge in [0.25, 0.3) is 0 Å². The molecule has 11 heteroatoms. The maximum atomic E-state index is 11.6. The van der Waals surface area contributed by atoms with Gasteiger partial charge >= 0.3 is 7.60 Å². The molecule has 3 amide bonds. The summed E-state index contributed by atoms with van der Waals surface area (Å²) in [7, 11) is -2.85. The van der Waals surface area contributed by atoms with Crippen LogP contribution in [0.3, 0.4) is 0 Å². The summed E-state index contributed by atoms with van der Waals surface area (Å²) >= 11 is 0. The maximum Gasteiger partial charge on any atom is 0.347 e. The van der Waals surface area contributed by atoms with E-state index in [0.717, 1.165) is 6.92 Å². The fraction of sp³-hybridized carbons (Fsp3) is 0.700. The molecule has 0 aliphatic carbocycles. The molecule has 10 nitrogen and oxygen atoms in total. The Morgan fingerprint density at radius 3 is 2.10 bits per heavy atom. The Morgan fingerprint density at radius 1 is 1.05 bits per heavy atom. The molecule has 21 heavy (non-hydrogen) atoms. The van der Waals surface area contributed by atoms with E-state index in [1.165, 1.54) is 6.92 Å². The van der Waals surface area contributed by atoms with Crippen LogP contribution in [0.15, 0.2) is 0 Å². The molecule has 0 aromatic rings. The quantitative estimate of drug-likeness (QED) is 0.269. The zero-order valence-electron chi connectivity index (χ0n) is 12.0. The van der Waals surface area contributed by atoms with Gasteiger partial charge < -0.3 is 31.1 Å². The number of carbonyl (C=O) groups excluding carboxylic acids is 3. The Hall–Kier alpha value is -1.48. The van der Waals surface area contributed by atoms with Crippen LogP contribution in [0.4, 0.5) is 0 Å². The maximum absolute atomic E-state index is 11.6. The molecule has 0 unspecified atom stereocenters. The third-order valence-electron chi connectivity index (χ3n) is 2.41. The topological polar surface area (TPSA) is 157 Å². The normalized spacial score (nSPS) is 14.0. The summed E-state index contributed by atoms with van der Waals surface area (Å²) in [5, 5.41) is 9.32. The summed E-state index contributed by atoms with van der Waals surface area (Å²) in [6.45, 7) is 2.27. The summed E-state index contributed by atoms with van der Waals surface area (Å²) in [5.74, 6) is -3.05. The van der Waals surface area contributed by atoms with Crippen molar-refractivity contribution < 1.29 is 28.7 Å². The minimum Gasteiger partial charge on any atom is -0.346 e. The lowest BCUT2D eigenvalue weighted by atomic mass is 10.3. The van der Waals surface area contributed by atoms with E-state index in [1.807, 2.05) is 0 Å². The first-order valence-electron chi connectivity index (χ1n) is 6.14. The fourth-order valence-corrected chi connectivity index (χ4v) is 1.47. The predicted molar refractivity (Wildman–Crippen MR) is 74.2 cm³/mol. The first kappa shape index (κ1) is 19.5. The molecule has 0 aliphatic rings. The first-order valence-corrected chi connectivity index (χ1v) is 7.82. The minimum absolute atomic E-state index is 0.0587. The largest absolute Gasteiger partial charge is 0.347 e. The highest BCUT2D eigenvalue weighted by Crippen LogP contribution is 2.38. The van der Waals surface area contributed by atoms with E-state index in [1.54, 1.807) is 7.05 Å².